The lowest BCUT2D eigenvalue weighted by Gasteiger charge is -2.21. The van der Waals surface area contributed by atoms with Crippen LogP contribution in [0.2, 0.25) is 10.0 Å². The van der Waals surface area contributed by atoms with Gasteiger partial charge < -0.3 is 10.4 Å². The predicted octanol–water partition coefficient (Wildman–Crippen LogP) is 6.18. The van der Waals surface area contributed by atoms with Gasteiger partial charge in [0.15, 0.2) is 0 Å². The van der Waals surface area contributed by atoms with Crippen LogP contribution in [-0.4, -0.2) is 13.6 Å². The molecule has 0 spiro atoms. The molecule has 0 saturated carbocycles. The second kappa shape index (κ2) is 10.4. The zero-order valence-corrected chi connectivity index (χ0v) is 17.1. The summed E-state index contributed by atoms with van der Waals surface area (Å²) < 4.78 is 34.6. The average Bonchev–Trinajstić information content (AvgIpc) is 2.65. The van der Waals surface area contributed by atoms with Gasteiger partial charge in [-0.05, 0) is 35.4 Å². The standard InChI is InChI=1S/C20H15Cl2FNO4S/c21-19-13-17(24(25)26)11-9-15(19)7-5-3-1-2-4-6-8-16-10-12-18(14-20(16)22)29(23,27)28/h1-14,25H/q-1/b3-1+,4-2+,7-5+,8-6+. The van der Waals surface area contributed by atoms with Gasteiger partial charge in [0.1, 0.15) is 0 Å². The largest absolute Gasteiger partial charge is 0.733 e. The number of anilines is 1. The fraction of sp³-hybridized carbons (Fsp3) is 0. The molecule has 29 heavy (non-hydrogen) atoms. The summed E-state index contributed by atoms with van der Waals surface area (Å²) >= 11 is 12.0. The van der Waals surface area contributed by atoms with E-state index in [2.05, 4.69) is 0 Å². The summed E-state index contributed by atoms with van der Waals surface area (Å²) in [7, 11) is -4.78. The summed E-state index contributed by atoms with van der Waals surface area (Å²) in [6.07, 6.45) is 13.8. The van der Waals surface area contributed by atoms with Crippen molar-refractivity contribution in [2.24, 2.45) is 0 Å². The zero-order valence-electron chi connectivity index (χ0n) is 14.7. The van der Waals surface area contributed by atoms with Crippen LogP contribution in [0.4, 0.5) is 9.57 Å². The predicted molar refractivity (Wildman–Crippen MR) is 115 cm³/mol. The fourth-order valence-corrected chi connectivity index (χ4v) is 3.18. The third kappa shape index (κ3) is 7.16. The molecule has 0 saturated heterocycles. The van der Waals surface area contributed by atoms with Gasteiger partial charge in [-0.2, -0.15) is 8.42 Å². The maximum Gasteiger partial charge on any atom is 0.332 e. The van der Waals surface area contributed by atoms with Crippen molar-refractivity contribution in [2.75, 3.05) is 5.23 Å². The first kappa shape index (κ1) is 22.9. The molecule has 152 valence electrons. The number of allylic oxidation sites excluding steroid dienone is 6. The van der Waals surface area contributed by atoms with E-state index < -0.39 is 15.1 Å². The molecule has 0 aliphatic rings. The molecular weight excluding hydrogens is 440 g/mol. The van der Waals surface area contributed by atoms with Gasteiger partial charge >= 0.3 is 10.2 Å². The molecule has 0 radical (unpaired) electrons. The first-order valence-corrected chi connectivity index (χ1v) is 10.2. The first-order valence-electron chi connectivity index (χ1n) is 8.06. The number of rotatable bonds is 7. The highest BCUT2D eigenvalue weighted by molar-refractivity contribution is 7.86. The molecule has 9 heteroatoms. The van der Waals surface area contributed by atoms with Crippen LogP contribution in [0.1, 0.15) is 11.1 Å². The molecule has 0 bridgehead atoms. The Balaban J connectivity index is 1.93. The molecule has 2 aromatic rings. The van der Waals surface area contributed by atoms with Crippen molar-refractivity contribution in [3.8, 4) is 0 Å². The molecule has 2 rings (SSSR count). The van der Waals surface area contributed by atoms with Gasteiger partial charge in [0.2, 0.25) is 0 Å². The molecule has 2 aromatic carbocycles. The highest BCUT2D eigenvalue weighted by atomic mass is 35.5. The van der Waals surface area contributed by atoms with Gasteiger partial charge in [-0.15, -0.1) is 3.89 Å². The van der Waals surface area contributed by atoms with Gasteiger partial charge in [0.05, 0.1) is 10.6 Å². The van der Waals surface area contributed by atoms with Gasteiger partial charge in [-0.25, -0.2) is 0 Å². The fourth-order valence-electron chi connectivity index (χ4n) is 2.14. The van der Waals surface area contributed by atoms with E-state index in [0.29, 0.717) is 16.1 Å². The minimum Gasteiger partial charge on any atom is -0.733 e. The summed E-state index contributed by atoms with van der Waals surface area (Å²) in [5.41, 5.74) is 1.27. The van der Waals surface area contributed by atoms with Gasteiger partial charge in [0.25, 0.3) is 0 Å². The van der Waals surface area contributed by atoms with E-state index >= 15 is 0 Å². The monoisotopic (exact) mass is 454 g/mol. The first-order chi connectivity index (χ1) is 13.7. The molecule has 0 amide bonds. The maximum atomic E-state index is 12.9. The minimum atomic E-state index is -4.78. The van der Waals surface area contributed by atoms with Crippen molar-refractivity contribution in [2.45, 2.75) is 4.90 Å². The van der Waals surface area contributed by atoms with Crippen LogP contribution in [0.25, 0.3) is 12.2 Å². The lowest BCUT2D eigenvalue weighted by atomic mass is 10.2. The maximum absolute atomic E-state index is 12.9. The summed E-state index contributed by atoms with van der Waals surface area (Å²) in [6, 6.07) is 8.00. The Hall–Kier alpha value is -2.42. The van der Waals surface area contributed by atoms with Crippen LogP contribution >= 0.6 is 23.2 Å². The number of hydrogen-bond donors (Lipinski definition) is 1. The van der Waals surface area contributed by atoms with Crippen molar-refractivity contribution in [3.63, 3.8) is 0 Å². The number of halogens is 3. The van der Waals surface area contributed by atoms with Crippen molar-refractivity contribution >= 4 is 51.3 Å². The zero-order chi connectivity index (χ0) is 21.4. The van der Waals surface area contributed by atoms with Crippen LogP contribution in [0.5, 0.6) is 0 Å². The Morgan fingerprint density at radius 1 is 0.862 bits per heavy atom. The molecule has 0 atom stereocenters. The number of benzene rings is 2. The molecule has 5 nitrogen and oxygen atoms in total. The topological polar surface area (TPSA) is 80.7 Å². The smallest absolute Gasteiger partial charge is 0.332 e. The van der Waals surface area contributed by atoms with E-state index in [1.54, 1.807) is 54.7 Å². The number of nitrogens with zero attached hydrogens (tertiary/aromatic N) is 1. The lowest BCUT2D eigenvalue weighted by Crippen LogP contribution is -2.06. The molecule has 1 N–H and O–H groups in total. The second-order valence-corrected chi connectivity index (χ2v) is 7.75. The Kier molecular flexibility index (Phi) is 8.19. The third-order valence-corrected chi connectivity index (χ3v) is 5.04. The van der Waals surface area contributed by atoms with Crippen LogP contribution in [0.15, 0.2) is 77.7 Å². The van der Waals surface area contributed by atoms with E-state index in [1.165, 1.54) is 18.2 Å². The summed E-state index contributed by atoms with van der Waals surface area (Å²) in [4.78, 5) is -0.485. The lowest BCUT2D eigenvalue weighted by molar-refractivity contribution is 0.296. The number of hydrogen-bond acceptors (Lipinski definition) is 5. The van der Waals surface area contributed by atoms with Crippen molar-refractivity contribution in [1.82, 2.24) is 0 Å². The van der Waals surface area contributed by atoms with Gasteiger partial charge in [0, 0.05) is 10.0 Å². The van der Waals surface area contributed by atoms with E-state index in [4.69, 9.17) is 28.4 Å². The molecule has 0 fully saturated rings. The van der Waals surface area contributed by atoms with E-state index in [1.807, 2.05) is 0 Å². The molecular formula is C20H15Cl2FNO4S-. The summed E-state index contributed by atoms with van der Waals surface area (Å²) in [6.45, 7) is 0. The molecule has 0 aliphatic carbocycles. The SMILES string of the molecule is O=S(=O)(F)c1ccc(/C=C/C=C/C=C/C=C/c2ccc(N([O-])O)cc2Cl)c(Cl)c1. The quantitative estimate of drug-likeness (QED) is 0.306. The van der Waals surface area contributed by atoms with Crippen LogP contribution in [-0.2, 0) is 10.2 Å². The molecule has 0 heterocycles. The van der Waals surface area contributed by atoms with Crippen LogP contribution in [0, 0.1) is 5.21 Å². The van der Waals surface area contributed by atoms with Crippen molar-refractivity contribution < 1.29 is 17.5 Å². The highest BCUT2D eigenvalue weighted by Crippen LogP contribution is 2.24. The van der Waals surface area contributed by atoms with Gasteiger partial charge in [-0.3, -0.25) is 5.21 Å². The average molecular weight is 455 g/mol. The van der Waals surface area contributed by atoms with Crippen LogP contribution < -0.4 is 5.23 Å². The van der Waals surface area contributed by atoms with Crippen molar-refractivity contribution in [1.29, 1.82) is 0 Å². The van der Waals surface area contributed by atoms with E-state index in [0.717, 1.165) is 12.1 Å². The normalized spacial score (nSPS) is 12.7. The summed E-state index contributed by atoms with van der Waals surface area (Å²) in [5, 5.41) is 19.8. The molecule has 0 aliphatic heterocycles. The minimum absolute atomic E-state index is 0.0403. The van der Waals surface area contributed by atoms with Crippen LogP contribution in [0.3, 0.4) is 0 Å². The Morgan fingerprint density at radius 2 is 1.34 bits per heavy atom. The highest BCUT2D eigenvalue weighted by Gasteiger charge is 2.12. The van der Waals surface area contributed by atoms with Crippen molar-refractivity contribution in [3.05, 3.63) is 99.2 Å². The summed E-state index contributed by atoms with van der Waals surface area (Å²) in [5.74, 6) is 0. The van der Waals surface area contributed by atoms with E-state index in [-0.39, 0.29) is 15.9 Å². The Bertz CT molecular complexity index is 1090. The van der Waals surface area contributed by atoms with Gasteiger partial charge in [-0.1, -0.05) is 83.9 Å². The Labute approximate surface area is 178 Å². The Morgan fingerprint density at radius 3 is 1.79 bits per heavy atom. The third-order valence-electron chi connectivity index (χ3n) is 3.57. The molecule has 0 aromatic heterocycles. The van der Waals surface area contributed by atoms with E-state index in [9.17, 15) is 17.5 Å². The molecule has 0 unspecified atom stereocenters. The second-order valence-electron chi connectivity index (χ2n) is 5.59.